The number of methoxy groups -OCH3 is 1. The minimum absolute atomic E-state index is 0.0199. The first-order chi connectivity index (χ1) is 10.6. The van der Waals surface area contributed by atoms with Gasteiger partial charge < -0.3 is 10.1 Å². The molecule has 0 aliphatic heterocycles. The van der Waals surface area contributed by atoms with Crippen molar-refractivity contribution in [2.75, 3.05) is 19.0 Å². The summed E-state index contributed by atoms with van der Waals surface area (Å²) in [6.45, 7) is 2.47. The molecule has 2 aromatic heterocycles. The van der Waals surface area contributed by atoms with E-state index in [1.165, 1.54) is 0 Å². The number of urea groups is 1. The van der Waals surface area contributed by atoms with E-state index >= 15 is 0 Å². The lowest BCUT2D eigenvalue weighted by Crippen LogP contribution is -2.40. The van der Waals surface area contributed by atoms with E-state index in [4.69, 9.17) is 4.74 Å². The van der Waals surface area contributed by atoms with Crippen molar-refractivity contribution in [3.8, 4) is 11.4 Å². The Bertz CT molecular complexity index is 612. The van der Waals surface area contributed by atoms with Crippen LogP contribution in [0.3, 0.4) is 0 Å². The van der Waals surface area contributed by atoms with E-state index in [1.54, 1.807) is 31.1 Å². The molecule has 0 fully saturated rings. The Kier molecular flexibility index (Phi) is 5.48. The molecule has 1 atom stereocenters. The molecule has 0 aromatic carbocycles. The number of hydrogen-bond donors (Lipinski definition) is 2. The number of pyridine rings is 1. The van der Waals surface area contributed by atoms with Gasteiger partial charge in [-0.05, 0) is 18.6 Å². The lowest BCUT2D eigenvalue weighted by atomic mass is 10.2. The Morgan fingerprint density at radius 2 is 2.23 bits per heavy atom. The lowest BCUT2D eigenvalue weighted by Gasteiger charge is -2.16. The average molecular weight is 303 g/mol. The Balaban J connectivity index is 2.04. The molecule has 0 aliphatic carbocycles. The van der Waals surface area contributed by atoms with E-state index in [-0.39, 0.29) is 12.1 Å². The van der Waals surface area contributed by atoms with Crippen LogP contribution in [-0.4, -0.2) is 40.6 Å². The second-order valence-electron chi connectivity index (χ2n) is 4.91. The van der Waals surface area contributed by atoms with Gasteiger partial charge in [-0.15, -0.1) is 0 Å². The first-order valence-electron chi connectivity index (χ1n) is 7.16. The molecule has 0 saturated carbocycles. The van der Waals surface area contributed by atoms with E-state index in [1.807, 2.05) is 25.1 Å². The number of ether oxygens (including phenoxy) is 1. The Morgan fingerprint density at radius 1 is 1.41 bits per heavy atom. The van der Waals surface area contributed by atoms with Crippen LogP contribution in [0.15, 0.2) is 30.5 Å². The quantitative estimate of drug-likeness (QED) is 0.855. The van der Waals surface area contributed by atoms with Crippen molar-refractivity contribution in [3.63, 3.8) is 0 Å². The molecule has 2 amide bonds. The average Bonchev–Trinajstić information content (AvgIpc) is 2.88. The van der Waals surface area contributed by atoms with Gasteiger partial charge in [0.2, 0.25) is 0 Å². The van der Waals surface area contributed by atoms with E-state index in [0.717, 1.165) is 12.1 Å². The molecule has 2 rings (SSSR count). The molecule has 2 aromatic rings. The minimum Gasteiger partial charge on any atom is -0.383 e. The molecule has 0 aliphatic rings. The first kappa shape index (κ1) is 16.0. The number of hydrogen-bond acceptors (Lipinski definition) is 4. The van der Waals surface area contributed by atoms with Gasteiger partial charge in [0, 0.05) is 26.4 Å². The van der Waals surface area contributed by atoms with Gasteiger partial charge in [0.05, 0.1) is 18.3 Å². The predicted octanol–water partition coefficient (Wildman–Crippen LogP) is 2.03. The zero-order valence-corrected chi connectivity index (χ0v) is 13.0. The molecule has 0 unspecified atom stereocenters. The van der Waals surface area contributed by atoms with Gasteiger partial charge in [-0.2, -0.15) is 5.10 Å². The van der Waals surface area contributed by atoms with Gasteiger partial charge in [0.25, 0.3) is 0 Å². The molecule has 0 bridgehead atoms. The van der Waals surface area contributed by atoms with Crippen LogP contribution in [-0.2, 0) is 11.8 Å². The van der Waals surface area contributed by atoms with E-state index in [0.29, 0.717) is 18.1 Å². The van der Waals surface area contributed by atoms with Gasteiger partial charge >= 0.3 is 6.03 Å². The number of rotatable bonds is 6. The summed E-state index contributed by atoms with van der Waals surface area (Å²) < 4.78 is 6.68. The van der Waals surface area contributed by atoms with Crippen LogP contribution in [0.5, 0.6) is 0 Å². The third-order valence-corrected chi connectivity index (χ3v) is 3.24. The molecule has 0 radical (unpaired) electrons. The largest absolute Gasteiger partial charge is 0.383 e. The summed E-state index contributed by atoms with van der Waals surface area (Å²) in [5.41, 5.74) is 1.47. The summed E-state index contributed by atoms with van der Waals surface area (Å²) in [6.07, 6.45) is 2.51. The number of amides is 2. The highest BCUT2D eigenvalue weighted by atomic mass is 16.5. The van der Waals surface area contributed by atoms with Crippen molar-refractivity contribution >= 4 is 11.8 Å². The fourth-order valence-electron chi connectivity index (χ4n) is 2.02. The SMILES string of the molecule is CC[C@H](COC)NC(=O)Nc1cc(-c2ccccn2)nn1C. The third-order valence-electron chi connectivity index (χ3n) is 3.24. The van der Waals surface area contributed by atoms with E-state index in [2.05, 4.69) is 20.7 Å². The van der Waals surface area contributed by atoms with Crippen LogP contribution in [0.4, 0.5) is 10.6 Å². The number of carbonyl (C=O) groups excluding carboxylic acids is 1. The normalized spacial score (nSPS) is 12.0. The van der Waals surface area contributed by atoms with Gasteiger partial charge in [-0.25, -0.2) is 4.79 Å². The highest BCUT2D eigenvalue weighted by Gasteiger charge is 2.13. The zero-order valence-electron chi connectivity index (χ0n) is 13.0. The smallest absolute Gasteiger partial charge is 0.320 e. The molecule has 22 heavy (non-hydrogen) atoms. The van der Waals surface area contributed by atoms with Crippen LogP contribution in [0, 0.1) is 0 Å². The maximum absolute atomic E-state index is 12.0. The fourth-order valence-corrected chi connectivity index (χ4v) is 2.02. The van der Waals surface area contributed by atoms with Gasteiger partial charge in [-0.3, -0.25) is 15.0 Å². The molecule has 7 heteroatoms. The van der Waals surface area contributed by atoms with E-state index in [9.17, 15) is 4.79 Å². The number of aromatic nitrogens is 3. The number of anilines is 1. The van der Waals surface area contributed by atoms with Crippen LogP contribution in [0.1, 0.15) is 13.3 Å². The second-order valence-corrected chi connectivity index (χ2v) is 4.91. The summed E-state index contributed by atoms with van der Waals surface area (Å²) in [5, 5.41) is 10.0. The number of carbonyl (C=O) groups is 1. The summed E-state index contributed by atoms with van der Waals surface area (Å²) in [6, 6.07) is 7.11. The third kappa shape index (κ3) is 4.05. The maximum Gasteiger partial charge on any atom is 0.320 e. The molecule has 7 nitrogen and oxygen atoms in total. The van der Waals surface area contributed by atoms with Crippen molar-refractivity contribution in [2.24, 2.45) is 7.05 Å². The standard InChI is InChI=1S/C15H21N5O2/c1-4-11(10-22-3)17-15(21)18-14-9-13(19-20(14)2)12-7-5-6-8-16-12/h5-9,11H,4,10H2,1-3H3,(H2,17,18,21)/t11-/m1/s1. The topological polar surface area (TPSA) is 81.1 Å². The predicted molar refractivity (Wildman–Crippen MR) is 84.5 cm³/mol. The van der Waals surface area contributed by atoms with Crippen LogP contribution in [0.25, 0.3) is 11.4 Å². The van der Waals surface area contributed by atoms with Crippen molar-refractivity contribution in [2.45, 2.75) is 19.4 Å². The summed E-state index contributed by atoms with van der Waals surface area (Å²) in [7, 11) is 3.39. The minimum atomic E-state index is -0.278. The Labute approximate surface area is 129 Å². The van der Waals surface area contributed by atoms with E-state index < -0.39 is 0 Å². The molecule has 2 N–H and O–H groups in total. The van der Waals surface area contributed by atoms with Crippen molar-refractivity contribution in [3.05, 3.63) is 30.5 Å². The fraction of sp³-hybridized carbons (Fsp3) is 0.400. The van der Waals surface area contributed by atoms with Crippen molar-refractivity contribution < 1.29 is 9.53 Å². The van der Waals surface area contributed by atoms with Crippen LogP contribution >= 0.6 is 0 Å². The summed E-state index contributed by atoms with van der Waals surface area (Å²) in [5.74, 6) is 0.602. The van der Waals surface area contributed by atoms with Crippen molar-refractivity contribution in [1.29, 1.82) is 0 Å². The highest BCUT2D eigenvalue weighted by molar-refractivity contribution is 5.89. The first-order valence-corrected chi connectivity index (χ1v) is 7.16. The van der Waals surface area contributed by atoms with Gasteiger partial charge in [0.15, 0.2) is 0 Å². The maximum atomic E-state index is 12.0. The number of aryl methyl sites for hydroxylation is 1. The number of nitrogens with one attached hydrogen (secondary N) is 2. The highest BCUT2D eigenvalue weighted by Crippen LogP contribution is 2.18. The second kappa shape index (κ2) is 7.56. The molecule has 0 saturated heterocycles. The van der Waals surface area contributed by atoms with Crippen LogP contribution < -0.4 is 10.6 Å². The number of nitrogens with zero attached hydrogens (tertiary/aromatic N) is 3. The Hall–Kier alpha value is -2.41. The molecular formula is C15H21N5O2. The van der Waals surface area contributed by atoms with Crippen molar-refractivity contribution in [1.82, 2.24) is 20.1 Å². The lowest BCUT2D eigenvalue weighted by molar-refractivity contribution is 0.165. The molecule has 0 spiro atoms. The zero-order chi connectivity index (χ0) is 15.9. The molecule has 2 heterocycles. The monoisotopic (exact) mass is 303 g/mol. The Morgan fingerprint density at radius 3 is 2.86 bits per heavy atom. The summed E-state index contributed by atoms with van der Waals surface area (Å²) >= 11 is 0. The van der Waals surface area contributed by atoms with Crippen LogP contribution in [0.2, 0.25) is 0 Å². The molecular weight excluding hydrogens is 282 g/mol. The van der Waals surface area contributed by atoms with Gasteiger partial charge in [0.1, 0.15) is 11.5 Å². The van der Waals surface area contributed by atoms with Gasteiger partial charge in [-0.1, -0.05) is 13.0 Å². The molecule has 118 valence electrons. The summed E-state index contributed by atoms with van der Waals surface area (Å²) in [4.78, 5) is 16.3.